The SMILES string of the molecule is CCCCB1OCC(C[Si]CCC(F)(F)C(F)(F)C(F)(F)C(F)(F)C(F)(F)C(F)(F)F)O1. The van der Waals surface area contributed by atoms with E-state index in [9.17, 15) is 57.1 Å². The Morgan fingerprint density at radius 3 is 1.84 bits per heavy atom. The molecule has 188 valence electrons. The van der Waals surface area contributed by atoms with E-state index in [-0.39, 0.29) is 12.7 Å². The number of alkyl halides is 13. The molecule has 0 amide bonds. The van der Waals surface area contributed by atoms with E-state index in [0.717, 1.165) is 12.8 Å². The maximum absolute atomic E-state index is 13.7. The minimum absolute atomic E-state index is 0.0248. The van der Waals surface area contributed by atoms with E-state index in [1.807, 2.05) is 6.92 Å². The summed E-state index contributed by atoms with van der Waals surface area (Å²) in [7, 11) is -1.18. The van der Waals surface area contributed by atoms with Crippen molar-refractivity contribution >= 4 is 16.6 Å². The molecule has 0 spiro atoms. The van der Waals surface area contributed by atoms with Crippen LogP contribution in [0.5, 0.6) is 0 Å². The maximum atomic E-state index is 13.7. The van der Waals surface area contributed by atoms with Gasteiger partial charge < -0.3 is 9.31 Å². The first-order valence-electron chi connectivity index (χ1n) is 9.20. The van der Waals surface area contributed by atoms with Gasteiger partial charge in [0.25, 0.3) is 0 Å². The zero-order valence-electron chi connectivity index (χ0n) is 16.3. The fourth-order valence-corrected chi connectivity index (χ4v) is 3.84. The summed E-state index contributed by atoms with van der Waals surface area (Å²) in [5, 5.41) is 0. The normalized spacial score (nSPS) is 19.7. The zero-order valence-corrected chi connectivity index (χ0v) is 17.3. The van der Waals surface area contributed by atoms with Crippen molar-refractivity contribution in [1.82, 2.24) is 0 Å². The predicted molar refractivity (Wildman–Crippen MR) is 87.1 cm³/mol. The number of unbranched alkanes of at least 4 members (excludes halogenated alkanes) is 1. The van der Waals surface area contributed by atoms with Gasteiger partial charge in [0.15, 0.2) is 0 Å². The standard InChI is InChI=1S/C15H18BF13O2Si/c1-2-3-5-16-30-7-9(31-16)8-32-6-4-10(17,18)11(19,20)12(21,22)13(23,24)14(25,26)15(27,28)29/h9H,2-8H2,1H3. The molecule has 1 saturated heterocycles. The molecule has 17 heteroatoms. The smallest absolute Gasteiger partial charge is 0.409 e. The van der Waals surface area contributed by atoms with Gasteiger partial charge in [0.2, 0.25) is 0 Å². The van der Waals surface area contributed by atoms with E-state index in [0.29, 0.717) is 6.32 Å². The molecular weight excluding hydrogens is 498 g/mol. The first-order valence-corrected chi connectivity index (χ1v) is 10.6. The molecule has 1 aliphatic rings. The Morgan fingerprint density at radius 2 is 1.34 bits per heavy atom. The summed E-state index contributed by atoms with van der Waals surface area (Å²) in [6.45, 7) is 1.94. The van der Waals surface area contributed by atoms with Crippen molar-refractivity contribution in [3.63, 3.8) is 0 Å². The molecule has 2 radical (unpaired) electrons. The molecule has 0 bridgehead atoms. The van der Waals surface area contributed by atoms with E-state index < -0.39 is 71.0 Å². The lowest BCUT2D eigenvalue weighted by atomic mass is 9.83. The second-order valence-corrected chi connectivity index (χ2v) is 8.53. The van der Waals surface area contributed by atoms with E-state index in [2.05, 4.69) is 0 Å². The summed E-state index contributed by atoms with van der Waals surface area (Å²) in [6.07, 6.45) is -8.04. The van der Waals surface area contributed by atoms with E-state index in [4.69, 9.17) is 9.31 Å². The third-order valence-corrected chi connectivity index (χ3v) is 5.94. The Kier molecular flexibility index (Phi) is 9.05. The Balaban J connectivity index is 2.78. The molecule has 1 heterocycles. The van der Waals surface area contributed by atoms with Crippen LogP contribution >= 0.6 is 0 Å². The van der Waals surface area contributed by atoms with Crippen LogP contribution in [0.2, 0.25) is 18.4 Å². The summed E-state index contributed by atoms with van der Waals surface area (Å²) in [5.41, 5.74) is 0. The molecule has 0 N–H and O–H groups in total. The third kappa shape index (κ3) is 5.50. The van der Waals surface area contributed by atoms with Crippen LogP contribution in [-0.2, 0) is 9.31 Å². The van der Waals surface area contributed by atoms with Gasteiger partial charge in [-0.1, -0.05) is 25.8 Å². The van der Waals surface area contributed by atoms with Crippen molar-refractivity contribution in [2.75, 3.05) is 6.61 Å². The number of hydrogen-bond acceptors (Lipinski definition) is 2. The molecular formula is C15H18BF13O2Si. The average molecular weight is 516 g/mol. The quantitative estimate of drug-likeness (QED) is 0.171. The highest BCUT2D eigenvalue weighted by Gasteiger charge is 2.90. The number of hydrogen-bond donors (Lipinski definition) is 0. The highest BCUT2D eigenvalue weighted by Crippen LogP contribution is 2.60. The Labute approximate surface area is 177 Å². The van der Waals surface area contributed by atoms with Gasteiger partial charge in [-0.25, -0.2) is 0 Å². The van der Waals surface area contributed by atoms with Gasteiger partial charge in [-0.15, -0.1) is 0 Å². The van der Waals surface area contributed by atoms with E-state index in [1.54, 1.807) is 0 Å². The van der Waals surface area contributed by atoms with Gasteiger partial charge in [0, 0.05) is 15.9 Å². The van der Waals surface area contributed by atoms with Crippen molar-refractivity contribution in [1.29, 1.82) is 0 Å². The van der Waals surface area contributed by atoms with Gasteiger partial charge in [0.05, 0.1) is 12.7 Å². The molecule has 1 rings (SSSR count). The lowest BCUT2D eigenvalue weighted by Gasteiger charge is -2.39. The van der Waals surface area contributed by atoms with Crippen LogP contribution < -0.4 is 0 Å². The highest BCUT2D eigenvalue weighted by atomic mass is 28.2. The minimum Gasteiger partial charge on any atom is -0.409 e. The van der Waals surface area contributed by atoms with Gasteiger partial charge in [-0.3, -0.25) is 0 Å². The van der Waals surface area contributed by atoms with Crippen molar-refractivity contribution in [3.8, 4) is 0 Å². The Morgan fingerprint density at radius 1 is 0.812 bits per heavy atom. The van der Waals surface area contributed by atoms with E-state index >= 15 is 0 Å². The van der Waals surface area contributed by atoms with Crippen LogP contribution in [0, 0.1) is 0 Å². The van der Waals surface area contributed by atoms with Crippen molar-refractivity contribution in [2.45, 2.75) is 86.5 Å². The fraction of sp³-hybridized carbons (Fsp3) is 1.00. The molecule has 0 saturated carbocycles. The Hall–Kier alpha value is -0.708. The second-order valence-electron chi connectivity index (χ2n) is 7.12. The second kappa shape index (κ2) is 9.88. The summed E-state index contributed by atoms with van der Waals surface area (Å²) in [6, 6.07) is -0.956. The minimum atomic E-state index is -7.85. The van der Waals surface area contributed by atoms with Crippen molar-refractivity contribution in [2.24, 2.45) is 0 Å². The zero-order chi connectivity index (χ0) is 25.2. The summed E-state index contributed by atoms with van der Waals surface area (Å²) in [4.78, 5) is 0. The van der Waals surface area contributed by atoms with Crippen LogP contribution in [0.4, 0.5) is 57.1 Å². The molecule has 32 heavy (non-hydrogen) atoms. The maximum Gasteiger partial charge on any atom is 0.460 e. The lowest BCUT2D eigenvalue weighted by Crippen LogP contribution is -2.70. The van der Waals surface area contributed by atoms with Crippen LogP contribution in [0.1, 0.15) is 26.2 Å². The lowest BCUT2D eigenvalue weighted by molar-refractivity contribution is -0.439. The molecule has 0 aromatic heterocycles. The predicted octanol–water partition coefficient (Wildman–Crippen LogP) is 6.36. The van der Waals surface area contributed by atoms with E-state index in [1.165, 1.54) is 0 Å². The molecule has 1 unspecified atom stereocenters. The average Bonchev–Trinajstić information content (AvgIpc) is 3.09. The third-order valence-electron chi connectivity index (χ3n) is 4.59. The van der Waals surface area contributed by atoms with Crippen molar-refractivity contribution < 1.29 is 66.4 Å². The topological polar surface area (TPSA) is 18.5 Å². The monoisotopic (exact) mass is 516 g/mol. The molecule has 0 aromatic rings. The molecule has 0 aromatic carbocycles. The number of rotatable bonds is 12. The van der Waals surface area contributed by atoms with Crippen molar-refractivity contribution in [3.05, 3.63) is 0 Å². The summed E-state index contributed by atoms with van der Waals surface area (Å²) >= 11 is 0. The highest BCUT2D eigenvalue weighted by molar-refractivity contribution is 6.45. The number of halogens is 13. The fourth-order valence-electron chi connectivity index (χ4n) is 2.60. The van der Waals surface area contributed by atoms with Crippen LogP contribution in [0.15, 0.2) is 0 Å². The largest absolute Gasteiger partial charge is 0.460 e. The molecule has 1 aliphatic heterocycles. The van der Waals surface area contributed by atoms with Crippen LogP contribution in [0.3, 0.4) is 0 Å². The molecule has 1 fully saturated rings. The molecule has 2 nitrogen and oxygen atoms in total. The summed E-state index contributed by atoms with van der Waals surface area (Å²) < 4.78 is 180. The first-order chi connectivity index (χ1) is 14.3. The molecule has 1 atom stereocenters. The van der Waals surface area contributed by atoms with Gasteiger partial charge in [0.1, 0.15) is 0 Å². The first kappa shape index (κ1) is 29.3. The summed E-state index contributed by atoms with van der Waals surface area (Å²) in [5.74, 6) is -36.5. The van der Waals surface area contributed by atoms with Crippen LogP contribution in [-0.4, -0.2) is 65.1 Å². The van der Waals surface area contributed by atoms with Crippen LogP contribution in [0.25, 0.3) is 0 Å². The van der Waals surface area contributed by atoms with Gasteiger partial charge in [-0.2, -0.15) is 57.1 Å². The van der Waals surface area contributed by atoms with Gasteiger partial charge >= 0.3 is 42.9 Å². The molecule has 0 aliphatic carbocycles. The Bertz CT molecular complexity index is 615. The van der Waals surface area contributed by atoms with Gasteiger partial charge in [-0.05, 0) is 12.4 Å².